The molecule has 0 aliphatic rings. The average Bonchev–Trinajstić information content (AvgIpc) is 3.25. The van der Waals surface area contributed by atoms with E-state index in [0.717, 1.165) is 6.07 Å². The molecule has 0 saturated carbocycles. The van der Waals surface area contributed by atoms with Gasteiger partial charge in [-0.3, -0.25) is 4.98 Å². The molecule has 31 heavy (non-hydrogen) atoms. The van der Waals surface area contributed by atoms with E-state index in [0.29, 0.717) is 5.56 Å². The number of aromatic amines is 1. The highest BCUT2D eigenvalue weighted by Gasteiger charge is 2.32. The van der Waals surface area contributed by atoms with E-state index in [2.05, 4.69) is 30.3 Å². The van der Waals surface area contributed by atoms with Crippen LogP contribution in [0.5, 0.6) is 0 Å². The lowest BCUT2D eigenvalue weighted by Crippen LogP contribution is -2.36. The SMILES string of the molecule is NC[C@H](O)CNS(=O)(=O)c1ccc(-c2ccncc2N)c(-c2nn[nH]n2)c1S(N)(=O)=O. The van der Waals surface area contributed by atoms with E-state index in [9.17, 15) is 21.9 Å². The van der Waals surface area contributed by atoms with Crippen molar-refractivity contribution in [2.24, 2.45) is 10.9 Å². The maximum absolute atomic E-state index is 12.9. The van der Waals surface area contributed by atoms with Crippen LogP contribution in [0.15, 0.2) is 40.4 Å². The minimum atomic E-state index is -4.65. The van der Waals surface area contributed by atoms with Crippen LogP contribution < -0.4 is 21.3 Å². The summed E-state index contributed by atoms with van der Waals surface area (Å²) >= 11 is 0. The number of aromatic nitrogens is 5. The molecular formula is C15H19N9O5S2. The predicted octanol–water partition coefficient (Wildman–Crippen LogP) is -2.24. The van der Waals surface area contributed by atoms with Crippen LogP contribution >= 0.6 is 0 Å². The van der Waals surface area contributed by atoms with Crippen molar-refractivity contribution in [3.8, 4) is 22.5 Å². The molecule has 0 aliphatic heterocycles. The van der Waals surface area contributed by atoms with Crippen molar-refractivity contribution < 1.29 is 21.9 Å². The Morgan fingerprint density at radius 1 is 1.16 bits per heavy atom. The predicted molar refractivity (Wildman–Crippen MR) is 109 cm³/mol. The summed E-state index contributed by atoms with van der Waals surface area (Å²) in [5, 5.41) is 28.2. The first-order valence-corrected chi connectivity index (χ1v) is 11.6. The zero-order chi connectivity index (χ0) is 22.8. The second-order valence-electron chi connectivity index (χ2n) is 6.30. The molecule has 0 unspecified atom stereocenters. The molecule has 16 heteroatoms. The Labute approximate surface area is 177 Å². The number of nitrogen functional groups attached to an aromatic ring is 1. The fourth-order valence-corrected chi connectivity index (χ4v) is 5.46. The Bertz CT molecular complexity index is 1290. The van der Waals surface area contributed by atoms with Crippen LogP contribution in [0, 0.1) is 0 Å². The molecule has 2 aromatic heterocycles. The van der Waals surface area contributed by atoms with Gasteiger partial charge in [-0.1, -0.05) is 6.07 Å². The molecule has 3 rings (SSSR count). The number of nitrogens with zero attached hydrogens (tertiary/aromatic N) is 4. The van der Waals surface area contributed by atoms with Crippen LogP contribution in [0.3, 0.4) is 0 Å². The third-order valence-corrected chi connectivity index (χ3v) is 6.78. The fraction of sp³-hybridized carbons (Fsp3) is 0.200. The largest absolute Gasteiger partial charge is 0.397 e. The molecule has 14 nitrogen and oxygen atoms in total. The number of aliphatic hydroxyl groups excluding tert-OH is 1. The molecule has 0 bridgehead atoms. The number of sulfonamides is 2. The topological polar surface area (TPSA) is 246 Å². The van der Waals surface area contributed by atoms with Crippen molar-refractivity contribution in [3.63, 3.8) is 0 Å². The average molecular weight is 470 g/mol. The highest BCUT2D eigenvalue weighted by Crippen LogP contribution is 2.40. The number of aliphatic hydroxyl groups is 1. The third kappa shape index (κ3) is 4.68. The molecule has 0 amide bonds. The zero-order valence-electron chi connectivity index (χ0n) is 15.8. The summed E-state index contributed by atoms with van der Waals surface area (Å²) in [5.41, 5.74) is 11.7. The van der Waals surface area contributed by atoms with Crippen molar-refractivity contribution in [2.45, 2.75) is 15.9 Å². The molecule has 0 fully saturated rings. The normalized spacial score (nSPS) is 13.3. The Balaban J connectivity index is 2.36. The van der Waals surface area contributed by atoms with E-state index in [-0.39, 0.29) is 29.2 Å². The van der Waals surface area contributed by atoms with Gasteiger partial charge in [0, 0.05) is 24.8 Å². The second kappa shape index (κ2) is 8.61. The minimum absolute atomic E-state index is 0.186. The first-order valence-electron chi connectivity index (χ1n) is 8.57. The van der Waals surface area contributed by atoms with Crippen molar-refractivity contribution in [3.05, 3.63) is 30.6 Å². The highest BCUT2D eigenvalue weighted by atomic mass is 32.2. The Hall–Kier alpha value is -3.02. The van der Waals surface area contributed by atoms with Gasteiger partial charge in [0.2, 0.25) is 25.9 Å². The lowest BCUT2D eigenvalue weighted by molar-refractivity contribution is 0.186. The van der Waals surface area contributed by atoms with Crippen LogP contribution in [-0.2, 0) is 20.0 Å². The zero-order valence-corrected chi connectivity index (χ0v) is 17.4. The van der Waals surface area contributed by atoms with Gasteiger partial charge < -0.3 is 16.6 Å². The van der Waals surface area contributed by atoms with Gasteiger partial charge in [-0.2, -0.15) is 5.21 Å². The Kier molecular flexibility index (Phi) is 6.30. The number of primary sulfonamides is 1. The van der Waals surface area contributed by atoms with Gasteiger partial charge in [-0.05, 0) is 22.9 Å². The van der Waals surface area contributed by atoms with E-state index >= 15 is 0 Å². The summed E-state index contributed by atoms with van der Waals surface area (Å²) in [6.07, 6.45) is 1.58. The van der Waals surface area contributed by atoms with Gasteiger partial charge in [0.1, 0.15) is 9.79 Å². The van der Waals surface area contributed by atoms with Crippen molar-refractivity contribution in [1.29, 1.82) is 0 Å². The molecule has 1 aromatic carbocycles. The molecule has 0 saturated heterocycles. The molecule has 3 aromatic rings. The number of benzene rings is 1. The van der Waals surface area contributed by atoms with Crippen LogP contribution in [0.1, 0.15) is 0 Å². The Morgan fingerprint density at radius 3 is 2.48 bits per heavy atom. The van der Waals surface area contributed by atoms with E-state index in [4.69, 9.17) is 16.6 Å². The van der Waals surface area contributed by atoms with Crippen molar-refractivity contribution >= 4 is 25.7 Å². The summed E-state index contributed by atoms with van der Waals surface area (Å²) in [5.74, 6) is -0.228. The standard InChI is InChI=1S/C15H19N9O5S2/c16-5-8(25)6-20-31(28,29)12-2-1-10(9-3-4-19-7-11(9)17)13(14(12)30(18,26)27)15-21-23-24-22-15/h1-4,7-8,20,25H,5-6,16-17H2,(H2,18,26,27)(H,21,22,23,24)/t8-/m0/s1. The fourth-order valence-electron chi connectivity index (χ4n) is 2.79. The third-order valence-electron chi connectivity index (χ3n) is 4.19. The van der Waals surface area contributed by atoms with Crippen molar-refractivity contribution in [2.75, 3.05) is 18.8 Å². The number of hydrogen-bond donors (Lipinski definition) is 6. The quantitative estimate of drug-likeness (QED) is 0.206. The maximum atomic E-state index is 12.9. The molecule has 0 radical (unpaired) electrons. The van der Waals surface area contributed by atoms with Gasteiger partial charge in [0.15, 0.2) is 0 Å². The summed E-state index contributed by atoms with van der Waals surface area (Å²) in [7, 11) is -9.10. The number of tetrazole rings is 1. The summed E-state index contributed by atoms with van der Waals surface area (Å²) in [4.78, 5) is 2.44. The van der Waals surface area contributed by atoms with Gasteiger partial charge >= 0.3 is 0 Å². The first kappa shape index (κ1) is 22.7. The van der Waals surface area contributed by atoms with E-state index in [1.165, 1.54) is 24.5 Å². The molecule has 1 atom stereocenters. The maximum Gasteiger partial charge on any atom is 0.242 e. The van der Waals surface area contributed by atoms with Crippen LogP contribution in [-0.4, -0.2) is 66.7 Å². The Morgan fingerprint density at radius 2 is 1.90 bits per heavy atom. The summed E-state index contributed by atoms with van der Waals surface area (Å²) < 4.78 is 53.0. The number of pyridine rings is 1. The number of nitrogens with one attached hydrogen (secondary N) is 2. The molecule has 9 N–H and O–H groups in total. The molecule has 2 heterocycles. The van der Waals surface area contributed by atoms with Crippen LogP contribution in [0.25, 0.3) is 22.5 Å². The summed E-state index contributed by atoms with van der Waals surface area (Å²) in [6, 6.07) is 3.89. The van der Waals surface area contributed by atoms with E-state index in [1.54, 1.807) is 0 Å². The number of rotatable bonds is 8. The van der Waals surface area contributed by atoms with Gasteiger partial charge in [-0.15, -0.1) is 10.2 Å². The van der Waals surface area contributed by atoms with Crippen molar-refractivity contribution in [1.82, 2.24) is 30.3 Å². The number of hydrogen-bond acceptors (Lipinski definition) is 11. The van der Waals surface area contributed by atoms with Crippen LogP contribution in [0.4, 0.5) is 5.69 Å². The van der Waals surface area contributed by atoms with E-state index in [1.807, 2.05) is 0 Å². The van der Waals surface area contributed by atoms with Gasteiger partial charge in [-0.25, -0.2) is 26.7 Å². The van der Waals surface area contributed by atoms with Gasteiger partial charge in [0.25, 0.3) is 0 Å². The second-order valence-corrected chi connectivity index (χ2v) is 9.53. The molecule has 0 aliphatic carbocycles. The summed E-state index contributed by atoms with van der Waals surface area (Å²) in [6.45, 7) is -0.654. The number of nitrogens with two attached hydrogens (primary N) is 3. The van der Waals surface area contributed by atoms with Gasteiger partial charge in [0.05, 0.1) is 23.6 Å². The molecule has 0 spiro atoms. The lowest BCUT2D eigenvalue weighted by Gasteiger charge is -2.17. The molecule has 166 valence electrons. The monoisotopic (exact) mass is 469 g/mol. The first-order chi connectivity index (χ1) is 14.6. The lowest BCUT2D eigenvalue weighted by atomic mass is 9.99. The minimum Gasteiger partial charge on any atom is -0.397 e. The number of H-pyrrole nitrogens is 1. The smallest absolute Gasteiger partial charge is 0.242 e. The molecular weight excluding hydrogens is 450 g/mol. The highest BCUT2D eigenvalue weighted by molar-refractivity contribution is 7.92. The van der Waals surface area contributed by atoms with E-state index < -0.39 is 42.5 Å². The van der Waals surface area contributed by atoms with Crippen LogP contribution in [0.2, 0.25) is 0 Å². The number of anilines is 1.